The number of thioether (sulfide) groups is 1. The molecule has 0 unspecified atom stereocenters. The predicted octanol–water partition coefficient (Wildman–Crippen LogP) is 3.21. The Balaban J connectivity index is 1.75. The molecule has 0 radical (unpaired) electrons. The molecule has 1 fully saturated rings. The van der Waals surface area contributed by atoms with Crippen molar-refractivity contribution in [3.8, 4) is 0 Å². The summed E-state index contributed by atoms with van der Waals surface area (Å²) < 4.78 is 5.71. The van der Waals surface area contributed by atoms with Gasteiger partial charge in [-0.2, -0.15) is 11.3 Å². The summed E-state index contributed by atoms with van der Waals surface area (Å²) in [5.41, 5.74) is 0.953. The maximum absolute atomic E-state index is 12.0. The van der Waals surface area contributed by atoms with Gasteiger partial charge >= 0.3 is 5.97 Å². The number of ether oxygens (including phenoxy) is 1. The first kappa shape index (κ1) is 14.8. The van der Waals surface area contributed by atoms with Crippen molar-refractivity contribution in [2.75, 3.05) is 25.1 Å². The molecule has 2 aromatic heterocycles. The molecular formula is C13H15N3O2S3. The van der Waals surface area contributed by atoms with Crippen molar-refractivity contribution >= 4 is 45.5 Å². The lowest BCUT2D eigenvalue weighted by Gasteiger charge is -2.12. The fraction of sp³-hybridized carbons (Fsp3) is 0.462. The molecule has 3 heterocycles. The van der Waals surface area contributed by atoms with Crippen LogP contribution in [0.4, 0.5) is 5.13 Å². The van der Waals surface area contributed by atoms with Crippen molar-refractivity contribution in [3.05, 3.63) is 22.4 Å². The summed E-state index contributed by atoms with van der Waals surface area (Å²) in [6.45, 7) is 2.09. The maximum Gasteiger partial charge on any atom is 0.323 e. The molecule has 2 aromatic rings. The van der Waals surface area contributed by atoms with E-state index in [-0.39, 0.29) is 11.2 Å². The zero-order chi connectivity index (χ0) is 14.7. The summed E-state index contributed by atoms with van der Waals surface area (Å²) >= 11 is 4.53. The van der Waals surface area contributed by atoms with Crippen molar-refractivity contribution < 1.29 is 9.53 Å². The van der Waals surface area contributed by atoms with Crippen LogP contribution in [0.5, 0.6) is 0 Å². The van der Waals surface area contributed by atoms with Gasteiger partial charge in [-0.1, -0.05) is 23.1 Å². The standard InChI is InChI=1S/C13H15N3O2S3/c1-18-11(17)10(9-4-7-19-8-9)20-13-15-14-12(21-13)16-5-2-3-6-16/h4,7-8,10H,2-3,5-6H2,1H3/t10-/m0/s1. The second-order valence-corrected chi connectivity index (χ2v) is 7.71. The number of thiophene rings is 1. The number of esters is 1. The molecule has 3 rings (SSSR count). The van der Waals surface area contributed by atoms with Gasteiger partial charge in [-0.05, 0) is 35.2 Å². The Hall–Kier alpha value is -1.12. The number of hydrogen-bond donors (Lipinski definition) is 0. The van der Waals surface area contributed by atoms with Crippen molar-refractivity contribution in [1.82, 2.24) is 10.2 Å². The van der Waals surface area contributed by atoms with Crippen molar-refractivity contribution in [2.24, 2.45) is 0 Å². The Bertz CT molecular complexity index is 594. The summed E-state index contributed by atoms with van der Waals surface area (Å²) in [4.78, 5) is 14.2. The minimum Gasteiger partial charge on any atom is -0.468 e. The van der Waals surface area contributed by atoms with Crippen LogP contribution in [0.2, 0.25) is 0 Å². The largest absolute Gasteiger partial charge is 0.468 e. The van der Waals surface area contributed by atoms with Crippen molar-refractivity contribution in [3.63, 3.8) is 0 Å². The maximum atomic E-state index is 12.0. The smallest absolute Gasteiger partial charge is 0.323 e. The van der Waals surface area contributed by atoms with Gasteiger partial charge in [0.15, 0.2) is 4.34 Å². The predicted molar refractivity (Wildman–Crippen MR) is 86.3 cm³/mol. The van der Waals surface area contributed by atoms with E-state index in [0.717, 1.165) is 28.1 Å². The molecule has 1 aliphatic heterocycles. The number of rotatable bonds is 5. The second kappa shape index (κ2) is 6.76. The van der Waals surface area contributed by atoms with Gasteiger partial charge in [0.1, 0.15) is 5.25 Å². The molecule has 1 atom stereocenters. The quantitative estimate of drug-likeness (QED) is 0.615. The summed E-state index contributed by atoms with van der Waals surface area (Å²) in [6, 6.07) is 1.95. The fourth-order valence-corrected chi connectivity index (χ4v) is 5.04. The van der Waals surface area contributed by atoms with E-state index in [0.29, 0.717) is 0 Å². The van der Waals surface area contributed by atoms with Crippen LogP contribution in [-0.2, 0) is 9.53 Å². The average Bonchev–Trinajstić information content (AvgIpc) is 3.24. The van der Waals surface area contributed by atoms with Crippen LogP contribution in [0.25, 0.3) is 0 Å². The minimum absolute atomic E-state index is 0.253. The first-order valence-electron chi connectivity index (χ1n) is 6.63. The first-order chi connectivity index (χ1) is 10.3. The lowest BCUT2D eigenvalue weighted by atomic mass is 10.2. The summed E-state index contributed by atoms with van der Waals surface area (Å²) in [5, 5.41) is 13.0. The highest BCUT2D eigenvalue weighted by Crippen LogP contribution is 2.40. The van der Waals surface area contributed by atoms with E-state index < -0.39 is 0 Å². The van der Waals surface area contributed by atoms with Crippen molar-refractivity contribution in [1.29, 1.82) is 0 Å². The van der Waals surface area contributed by atoms with Crippen LogP contribution in [0.3, 0.4) is 0 Å². The Morgan fingerprint density at radius 2 is 2.24 bits per heavy atom. The van der Waals surface area contributed by atoms with Crippen LogP contribution < -0.4 is 4.90 Å². The van der Waals surface area contributed by atoms with Crippen LogP contribution in [0, 0.1) is 0 Å². The minimum atomic E-state index is -0.374. The Labute approximate surface area is 135 Å². The number of carbonyl (C=O) groups is 1. The van der Waals surface area contributed by atoms with E-state index in [9.17, 15) is 4.79 Å². The summed E-state index contributed by atoms with van der Waals surface area (Å²) in [5.74, 6) is -0.253. The molecule has 0 N–H and O–H groups in total. The van der Waals surface area contributed by atoms with E-state index in [1.807, 2.05) is 16.8 Å². The number of nitrogens with zero attached hydrogens (tertiary/aromatic N) is 3. The van der Waals surface area contributed by atoms with Gasteiger partial charge in [0, 0.05) is 13.1 Å². The van der Waals surface area contributed by atoms with Gasteiger partial charge in [0.25, 0.3) is 0 Å². The molecule has 0 amide bonds. The zero-order valence-electron chi connectivity index (χ0n) is 11.5. The normalized spacial score (nSPS) is 16.1. The molecule has 21 heavy (non-hydrogen) atoms. The van der Waals surface area contributed by atoms with E-state index in [2.05, 4.69) is 15.1 Å². The number of anilines is 1. The number of hydrogen-bond acceptors (Lipinski definition) is 8. The molecule has 1 aliphatic rings. The van der Waals surface area contributed by atoms with Crippen molar-refractivity contribution in [2.45, 2.75) is 22.4 Å². The van der Waals surface area contributed by atoms with Gasteiger partial charge in [0.05, 0.1) is 7.11 Å². The molecule has 0 saturated carbocycles. The zero-order valence-corrected chi connectivity index (χ0v) is 14.0. The fourth-order valence-electron chi connectivity index (χ4n) is 2.17. The summed E-state index contributed by atoms with van der Waals surface area (Å²) in [7, 11) is 1.41. The van der Waals surface area contributed by atoms with Gasteiger partial charge in [-0.25, -0.2) is 0 Å². The highest BCUT2D eigenvalue weighted by molar-refractivity contribution is 8.01. The highest BCUT2D eigenvalue weighted by Gasteiger charge is 2.26. The third kappa shape index (κ3) is 3.38. The van der Waals surface area contributed by atoms with E-state index in [1.54, 1.807) is 22.7 Å². The molecular weight excluding hydrogens is 326 g/mol. The van der Waals surface area contributed by atoms with Gasteiger partial charge in [-0.15, -0.1) is 10.2 Å². The molecule has 0 aliphatic carbocycles. The third-order valence-electron chi connectivity index (χ3n) is 3.25. The topological polar surface area (TPSA) is 55.3 Å². The Morgan fingerprint density at radius 3 is 2.90 bits per heavy atom. The number of aromatic nitrogens is 2. The summed E-state index contributed by atoms with van der Waals surface area (Å²) in [6.07, 6.45) is 2.42. The van der Waals surface area contributed by atoms with Crippen LogP contribution in [0.1, 0.15) is 23.7 Å². The number of methoxy groups -OCH3 is 1. The van der Waals surface area contributed by atoms with Crippen LogP contribution >= 0.6 is 34.4 Å². The van der Waals surface area contributed by atoms with Gasteiger partial charge < -0.3 is 9.64 Å². The molecule has 0 bridgehead atoms. The highest BCUT2D eigenvalue weighted by atomic mass is 32.2. The lowest BCUT2D eigenvalue weighted by Crippen LogP contribution is -2.17. The SMILES string of the molecule is COC(=O)[C@@H](Sc1nnc(N2CCCC2)s1)c1ccsc1. The number of carbonyl (C=O) groups excluding carboxylic acids is 1. The van der Waals surface area contributed by atoms with Crippen LogP contribution in [-0.4, -0.2) is 36.4 Å². The van der Waals surface area contributed by atoms with Crippen LogP contribution in [0.15, 0.2) is 21.2 Å². The molecule has 0 aromatic carbocycles. The Kier molecular flexibility index (Phi) is 4.77. The van der Waals surface area contributed by atoms with E-state index in [4.69, 9.17) is 4.74 Å². The molecule has 1 saturated heterocycles. The molecule has 8 heteroatoms. The second-order valence-electron chi connectivity index (χ2n) is 4.62. The molecule has 112 valence electrons. The van der Waals surface area contributed by atoms with Gasteiger partial charge in [-0.3, -0.25) is 4.79 Å². The molecule has 0 spiro atoms. The lowest BCUT2D eigenvalue weighted by molar-refractivity contribution is -0.140. The van der Waals surface area contributed by atoms with E-state index in [1.165, 1.54) is 31.7 Å². The monoisotopic (exact) mass is 341 g/mol. The average molecular weight is 341 g/mol. The first-order valence-corrected chi connectivity index (χ1v) is 9.27. The third-order valence-corrected chi connectivity index (χ3v) is 6.25. The van der Waals surface area contributed by atoms with Gasteiger partial charge in [0.2, 0.25) is 5.13 Å². The molecule has 5 nitrogen and oxygen atoms in total. The Morgan fingerprint density at radius 1 is 1.43 bits per heavy atom. The van der Waals surface area contributed by atoms with E-state index >= 15 is 0 Å².